The van der Waals surface area contributed by atoms with E-state index in [1.807, 2.05) is 0 Å². The standard InChI is InChI=1S/C14H23N5O3/c1-21-13-11(14(22-2)18-10-17-13)12(20)16-4-3-7-19-8-5-15-6-9-19/h10,15H,3-9H2,1-2H3,(H,16,20). The fourth-order valence-corrected chi connectivity index (χ4v) is 2.39. The number of nitrogens with one attached hydrogen (secondary N) is 2. The van der Waals surface area contributed by atoms with E-state index < -0.39 is 0 Å². The van der Waals surface area contributed by atoms with Crippen LogP contribution >= 0.6 is 0 Å². The average molecular weight is 309 g/mol. The molecule has 0 radical (unpaired) electrons. The number of rotatable bonds is 7. The summed E-state index contributed by atoms with van der Waals surface area (Å²) in [5.41, 5.74) is 0.231. The maximum Gasteiger partial charge on any atom is 0.262 e. The van der Waals surface area contributed by atoms with Crippen LogP contribution in [0.3, 0.4) is 0 Å². The molecule has 0 unspecified atom stereocenters. The van der Waals surface area contributed by atoms with Crippen LogP contribution in [0.5, 0.6) is 11.8 Å². The van der Waals surface area contributed by atoms with Gasteiger partial charge in [0.25, 0.3) is 5.91 Å². The molecule has 1 fully saturated rings. The van der Waals surface area contributed by atoms with Crippen molar-refractivity contribution in [1.29, 1.82) is 0 Å². The van der Waals surface area contributed by atoms with Crippen LogP contribution in [0, 0.1) is 0 Å². The smallest absolute Gasteiger partial charge is 0.262 e. The molecular formula is C14H23N5O3. The Morgan fingerprint density at radius 3 is 2.50 bits per heavy atom. The number of ether oxygens (including phenoxy) is 2. The van der Waals surface area contributed by atoms with Crippen LogP contribution in [-0.2, 0) is 0 Å². The van der Waals surface area contributed by atoms with Crippen molar-refractivity contribution in [3.63, 3.8) is 0 Å². The van der Waals surface area contributed by atoms with Gasteiger partial charge in [-0.1, -0.05) is 0 Å². The molecule has 1 aromatic rings. The third kappa shape index (κ3) is 4.28. The highest BCUT2D eigenvalue weighted by atomic mass is 16.5. The van der Waals surface area contributed by atoms with Gasteiger partial charge in [0.15, 0.2) is 5.56 Å². The molecule has 1 amide bonds. The van der Waals surface area contributed by atoms with Gasteiger partial charge in [-0.25, -0.2) is 9.97 Å². The molecule has 0 atom stereocenters. The fourth-order valence-electron chi connectivity index (χ4n) is 2.39. The summed E-state index contributed by atoms with van der Waals surface area (Å²) in [6, 6.07) is 0. The zero-order chi connectivity index (χ0) is 15.8. The van der Waals surface area contributed by atoms with Gasteiger partial charge in [-0.2, -0.15) is 0 Å². The first-order valence-electron chi connectivity index (χ1n) is 7.40. The van der Waals surface area contributed by atoms with Gasteiger partial charge in [0.05, 0.1) is 14.2 Å². The Morgan fingerprint density at radius 1 is 1.27 bits per heavy atom. The summed E-state index contributed by atoms with van der Waals surface area (Å²) in [6.07, 6.45) is 2.20. The third-order valence-electron chi connectivity index (χ3n) is 3.54. The van der Waals surface area contributed by atoms with Crippen LogP contribution in [0.15, 0.2) is 6.33 Å². The maximum absolute atomic E-state index is 12.3. The number of carbonyl (C=O) groups excluding carboxylic acids is 1. The minimum Gasteiger partial charge on any atom is -0.480 e. The summed E-state index contributed by atoms with van der Waals surface area (Å²) in [5, 5.41) is 6.18. The molecule has 1 aliphatic rings. The molecule has 0 bridgehead atoms. The minimum absolute atomic E-state index is 0.214. The summed E-state index contributed by atoms with van der Waals surface area (Å²) in [5.74, 6) is 0.146. The lowest BCUT2D eigenvalue weighted by atomic mass is 10.2. The maximum atomic E-state index is 12.3. The number of carbonyl (C=O) groups is 1. The van der Waals surface area contributed by atoms with E-state index in [1.165, 1.54) is 20.5 Å². The van der Waals surface area contributed by atoms with E-state index in [2.05, 4.69) is 25.5 Å². The van der Waals surface area contributed by atoms with Crippen molar-refractivity contribution in [2.24, 2.45) is 0 Å². The lowest BCUT2D eigenvalue weighted by Crippen LogP contribution is -2.44. The largest absolute Gasteiger partial charge is 0.480 e. The number of hydrogen-bond acceptors (Lipinski definition) is 7. The van der Waals surface area contributed by atoms with Gasteiger partial charge >= 0.3 is 0 Å². The molecule has 122 valence electrons. The van der Waals surface area contributed by atoms with E-state index in [0.29, 0.717) is 6.54 Å². The second kappa shape index (κ2) is 8.50. The molecule has 2 heterocycles. The molecule has 2 rings (SSSR count). The van der Waals surface area contributed by atoms with Gasteiger partial charge in [-0.3, -0.25) is 4.79 Å². The highest BCUT2D eigenvalue weighted by molar-refractivity contribution is 5.98. The summed E-state index contributed by atoms with van der Waals surface area (Å²) < 4.78 is 10.2. The number of aromatic nitrogens is 2. The van der Waals surface area contributed by atoms with Gasteiger partial charge in [0.2, 0.25) is 11.8 Å². The SMILES string of the molecule is COc1ncnc(OC)c1C(=O)NCCCN1CCNCC1. The summed E-state index contributed by atoms with van der Waals surface area (Å²) in [7, 11) is 2.92. The second-order valence-corrected chi connectivity index (χ2v) is 4.97. The van der Waals surface area contributed by atoms with Crippen molar-refractivity contribution in [3.8, 4) is 11.8 Å². The summed E-state index contributed by atoms with van der Waals surface area (Å²) >= 11 is 0. The number of nitrogens with zero attached hydrogens (tertiary/aromatic N) is 3. The van der Waals surface area contributed by atoms with Crippen LogP contribution in [0.1, 0.15) is 16.8 Å². The highest BCUT2D eigenvalue weighted by Gasteiger charge is 2.20. The first kappa shape index (κ1) is 16.4. The van der Waals surface area contributed by atoms with Crippen molar-refractivity contribution in [3.05, 3.63) is 11.9 Å². The Balaban J connectivity index is 1.84. The van der Waals surface area contributed by atoms with E-state index in [-0.39, 0.29) is 23.2 Å². The number of piperazine rings is 1. The monoisotopic (exact) mass is 309 g/mol. The number of hydrogen-bond donors (Lipinski definition) is 2. The van der Waals surface area contributed by atoms with Crippen LogP contribution in [0.25, 0.3) is 0 Å². The van der Waals surface area contributed by atoms with Crippen LogP contribution in [-0.4, -0.2) is 74.3 Å². The van der Waals surface area contributed by atoms with Gasteiger partial charge in [0.1, 0.15) is 6.33 Å². The van der Waals surface area contributed by atoms with Crippen molar-refractivity contribution in [1.82, 2.24) is 25.5 Å². The topological polar surface area (TPSA) is 88.6 Å². The Bertz CT molecular complexity index is 469. The summed E-state index contributed by atoms with van der Waals surface area (Å²) in [4.78, 5) is 22.5. The zero-order valence-corrected chi connectivity index (χ0v) is 13.1. The second-order valence-electron chi connectivity index (χ2n) is 4.97. The van der Waals surface area contributed by atoms with E-state index in [1.54, 1.807) is 0 Å². The van der Waals surface area contributed by atoms with Crippen LogP contribution in [0.2, 0.25) is 0 Å². The van der Waals surface area contributed by atoms with E-state index in [4.69, 9.17) is 9.47 Å². The average Bonchev–Trinajstić information content (AvgIpc) is 2.58. The fraction of sp³-hybridized carbons (Fsp3) is 0.643. The molecule has 0 aliphatic carbocycles. The van der Waals surface area contributed by atoms with Crippen LogP contribution < -0.4 is 20.1 Å². The van der Waals surface area contributed by atoms with Gasteiger partial charge in [-0.15, -0.1) is 0 Å². The highest BCUT2D eigenvalue weighted by Crippen LogP contribution is 2.22. The molecule has 1 aromatic heterocycles. The minimum atomic E-state index is -0.283. The first-order chi connectivity index (χ1) is 10.8. The van der Waals surface area contributed by atoms with E-state index in [9.17, 15) is 4.79 Å². The molecule has 2 N–H and O–H groups in total. The van der Waals surface area contributed by atoms with E-state index in [0.717, 1.165) is 39.1 Å². The predicted octanol–water partition coefficient (Wildman–Crippen LogP) is -0.481. The molecule has 0 saturated carbocycles. The molecule has 8 nitrogen and oxygen atoms in total. The summed E-state index contributed by atoms with van der Waals surface area (Å²) in [6.45, 7) is 5.74. The molecule has 0 aromatic carbocycles. The van der Waals surface area contributed by atoms with Crippen molar-refractivity contribution < 1.29 is 14.3 Å². The van der Waals surface area contributed by atoms with Crippen molar-refractivity contribution in [2.45, 2.75) is 6.42 Å². The quantitative estimate of drug-likeness (QED) is 0.658. The number of methoxy groups -OCH3 is 2. The molecular weight excluding hydrogens is 286 g/mol. The first-order valence-corrected chi connectivity index (χ1v) is 7.40. The lowest BCUT2D eigenvalue weighted by Gasteiger charge is -2.27. The molecule has 0 spiro atoms. The zero-order valence-electron chi connectivity index (χ0n) is 13.1. The van der Waals surface area contributed by atoms with Crippen molar-refractivity contribution >= 4 is 5.91 Å². The third-order valence-corrected chi connectivity index (χ3v) is 3.54. The molecule has 1 saturated heterocycles. The number of amides is 1. The van der Waals surface area contributed by atoms with Crippen LogP contribution in [0.4, 0.5) is 0 Å². The van der Waals surface area contributed by atoms with Gasteiger partial charge in [-0.05, 0) is 13.0 Å². The predicted molar refractivity (Wildman–Crippen MR) is 81.4 cm³/mol. The van der Waals surface area contributed by atoms with Crippen molar-refractivity contribution in [2.75, 3.05) is 53.5 Å². The Hall–Kier alpha value is -1.93. The molecule has 8 heteroatoms. The molecule has 1 aliphatic heterocycles. The Labute approximate surface area is 130 Å². The van der Waals surface area contributed by atoms with Gasteiger partial charge in [0, 0.05) is 32.7 Å². The molecule has 22 heavy (non-hydrogen) atoms. The lowest BCUT2D eigenvalue weighted by molar-refractivity contribution is 0.0943. The Morgan fingerprint density at radius 2 is 1.91 bits per heavy atom. The van der Waals surface area contributed by atoms with E-state index >= 15 is 0 Å². The Kier molecular flexibility index (Phi) is 6.35. The normalized spacial score (nSPS) is 15.4. The van der Waals surface area contributed by atoms with Gasteiger partial charge < -0.3 is 25.0 Å².